The molecule has 2 bridgehead atoms. The third kappa shape index (κ3) is 1.57. The van der Waals surface area contributed by atoms with Gasteiger partial charge in [0.05, 0.1) is 6.10 Å². The molecule has 3 nitrogen and oxygen atoms in total. The highest BCUT2D eigenvalue weighted by atomic mass is 16.5. The van der Waals surface area contributed by atoms with Crippen molar-refractivity contribution in [2.24, 2.45) is 5.92 Å². The molecule has 0 aromatic heterocycles. The molecule has 3 rings (SSSR count). The largest absolute Gasteiger partial charge is 0.381 e. The summed E-state index contributed by atoms with van der Waals surface area (Å²) in [5.74, 6) is 0.823. The summed E-state index contributed by atoms with van der Waals surface area (Å²) in [6.45, 7) is 0. The Balaban J connectivity index is 1.73. The van der Waals surface area contributed by atoms with Gasteiger partial charge in [0, 0.05) is 25.1 Å². The van der Waals surface area contributed by atoms with Crippen LogP contribution in [0.25, 0.3) is 0 Å². The fraction of sp³-hybridized carbons (Fsp3) is 0.917. The van der Waals surface area contributed by atoms with Gasteiger partial charge in [-0.1, -0.05) is 0 Å². The highest BCUT2D eigenvalue weighted by Gasteiger charge is 2.46. The van der Waals surface area contributed by atoms with Crippen molar-refractivity contribution in [1.29, 1.82) is 0 Å². The van der Waals surface area contributed by atoms with Gasteiger partial charge < -0.3 is 9.64 Å². The smallest absolute Gasteiger partial charge is 0.226 e. The fourth-order valence-corrected chi connectivity index (χ4v) is 3.22. The lowest BCUT2D eigenvalue weighted by atomic mass is 9.99. The van der Waals surface area contributed by atoms with Gasteiger partial charge in [0.25, 0.3) is 0 Å². The topological polar surface area (TPSA) is 29.5 Å². The fourth-order valence-electron chi connectivity index (χ4n) is 3.22. The van der Waals surface area contributed by atoms with Crippen LogP contribution in [-0.4, -0.2) is 36.1 Å². The molecule has 2 aliphatic heterocycles. The Hall–Kier alpha value is -0.570. The minimum absolute atomic E-state index is 0.382. The Kier molecular flexibility index (Phi) is 2.23. The second-order valence-electron chi connectivity index (χ2n) is 5.23. The molecule has 3 heteroatoms. The number of nitrogens with zero attached hydrogens (tertiary/aromatic N) is 1. The standard InChI is InChI=1S/C12H19NO2/c1-15-11-6-9-4-5-10(7-11)13(9)12(14)8-2-3-8/h8-11H,2-7H2,1H3. The number of ether oxygens (including phenoxy) is 1. The zero-order valence-electron chi connectivity index (χ0n) is 9.32. The molecule has 3 fully saturated rings. The van der Waals surface area contributed by atoms with E-state index in [4.69, 9.17) is 4.74 Å². The van der Waals surface area contributed by atoms with E-state index in [1.165, 1.54) is 12.8 Å². The number of methoxy groups -OCH3 is 1. The van der Waals surface area contributed by atoms with E-state index in [0.717, 1.165) is 25.7 Å². The molecule has 0 aromatic rings. The van der Waals surface area contributed by atoms with E-state index < -0.39 is 0 Å². The maximum atomic E-state index is 12.1. The SMILES string of the molecule is COC1CC2CCC(C1)N2C(=O)C1CC1. The molecular weight excluding hydrogens is 190 g/mol. The minimum Gasteiger partial charge on any atom is -0.381 e. The summed E-state index contributed by atoms with van der Waals surface area (Å²) in [6, 6.07) is 0.976. The number of carbonyl (C=O) groups excluding carboxylic acids is 1. The van der Waals surface area contributed by atoms with Crippen molar-refractivity contribution in [1.82, 2.24) is 4.90 Å². The Labute approximate surface area is 90.8 Å². The quantitative estimate of drug-likeness (QED) is 0.691. The third-order valence-electron chi connectivity index (χ3n) is 4.20. The molecule has 0 aromatic carbocycles. The molecule has 1 aliphatic carbocycles. The van der Waals surface area contributed by atoms with E-state index in [1.54, 1.807) is 7.11 Å². The first-order valence-electron chi connectivity index (χ1n) is 6.14. The lowest BCUT2D eigenvalue weighted by Gasteiger charge is -2.38. The van der Waals surface area contributed by atoms with Crippen LogP contribution in [0, 0.1) is 5.92 Å². The number of amides is 1. The van der Waals surface area contributed by atoms with Crippen LogP contribution in [0.15, 0.2) is 0 Å². The lowest BCUT2D eigenvalue weighted by molar-refractivity contribution is -0.139. The summed E-state index contributed by atoms with van der Waals surface area (Å²) >= 11 is 0. The number of fused-ring (bicyclic) bond motifs is 2. The van der Waals surface area contributed by atoms with Crippen molar-refractivity contribution in [3.05, 3.63) is 0 Å². The second kappa shape index (κ2) is 3.48. The molecule has 0 radical (unpaired) electrons. The first kappa shape index (κ1) is 9.64. The van der Waals surface area contributed by atoms with Gasteiger partial charge in [0.2, 0.25) is 5.91 Å². The van der Waals surface area contributed by atoms with Crippen LogP contribution >= 0.6 is 0 Å². The monoisotopic (exact) mass is 209 g/mol. The average molecular weight is 209 g/mol. The van der Waals surface area contributed by atoms with E-state index in [9.17, 15) is 4.79 Å². The van der Waals surface area contributed by atoms with Crippen LogP contribution in [0.1, 0.15) is 38.5 Å². The minimum atomic E-state index is 0.382. The highest BCUT2D eigenvalue weighted by Crippen LogP contribution is 2.41. The summed E-state index contributed by atoms with van der Waals surface area (Å²) in [6.07, 6.45) is 7.17. The number of hydrogen-bond acceptors (Lipinski definition) is 2. The summed E-state index contributed by atoms with van der Waals surface area (Å²) in [4.78, 5) is 14.3. The lowest BCUT2D eigenvalue weighted by Crippen LogP contribution is -2.49. The molecule has 15 heavy (non-hydrogen) atoms. The Bertz CT molecular complexity index is 261. The van der Waals surface area contributed by atoms with Crippen molar-refractivity contribution in [3.8, 4) is 0 Å². The van der Waals surface area contributed by atoms with Gasteiger partial charge >= 0.3 is 0 Å². The zero-order valence-corrected chi connectivity index (χ0v) is 9.32. The van der Waals surface area contributed by atoms with Gasteiger partial charge in [-0.25, -0.2) is 0 Å². The predicted octanol–water partition coefficient (Wildman–Crippen LogP) is 1.56. The summed E-state index contributed by atoms with van der Waals surface area (Å²) < 4.78 is 5.44. The molecule has 84 valence electrons. The van der Waals surface area contributed by atoms with E-state index >= 15 is 0 Å². The van der Waals surface area contributed by atoms with Crippen molar-refractivity contribution in [2.75, 3.05) is 7.11 Å². The number of piperidine rings is 1. The van der Waals surface area contributed by atoms with E-state index in [-0.39, 0.29) is 0 Å². The second-order valence-corrected chi connectivity index (χ2v) is 5.23. The van der Waals surface area contributed by atoms with Crippen molar-refractivity contribution in [3.63, 3.8) is 0 Å². The van der Waals surface area contributed by atoms with E-state index in [1.807, 2.05) is 0 Å². The van der Waals surface area contributed by atoms with Gasteiger partial charge in [-0.15, -0.1) is 0 Å². The van der Waals surface area contributed by atoms with Gasteiger partial charge in [-0.2, -0.15) is 0 Å². The van der Waals surface area contributed by atoms with Crippen LogP contribution in [0.4, 0.5) is 0 Å². The first-order valence-corrected chi connectivity index (χ1v) is 6.14. The van der Waals surface area contributed by atoms with Gasteiger partial charge in [0.15, 0.2) is 0 Å². The van der Waals surface area contributed by atoms with Gasteiger partial charge in [-0.3, -0.25) is 4.79 Å². The predicted molar refractivity (Wildman–Crippen MR) is 56.4 cm³/mol. The highest BCUT2D eigenvalue weighted by molar-refractivity contribution is 5.82. The molecular formula is C12H19NO2. The van der Waals surface area contributed by atoms with Crippen LogP contribution in [0.3, 0.4) is 0 Å². The summed E-state index contributed by atoms with van der Waals surface area (Å²) in [5.41, 5.74) is 0. The maximum absolute atomic E-state index is 12.1. The van der Waals surface area contributed by atoms with Crippen LogP contribution in [-0.2, 0) is 9.53 Å². The molecule has 0 N–H and O–H groups in total. The first-order chi connectivity index (χ1) is 7.29. The van der Waals surface area contributed by atoms with Crippen molar-refractivity contribution >= 4 is 5.91 Å². The average Bonchev–Trinajstić information content (AvgIpc) is 3.04. The zero-order chi connectivity index (χ0) is 10.4. The van der Waals surface area contributed by atoms with Crippen molar-refractivity contribution < 1.29 is 9.53 Å². The Morgan fingerprint density at radius 2 is 1.73 bits per heavy atom. The normalized spacial score (nSPS) is 39.5. The molecule has 2 saturated heterocycles. The third-order valence-corrected chi connectivity index (χ3v) is 4.20. The van der Waals surface area contributed by atoms with E-state index in [0.29, 0.717) is 30.0 Å². The Morgan fingerprint density at radius 1 is 1.13 bits per heavy atom. The molecule has 1 amide bonds. The van der Waals surface area contributed by atoms with Gasteiger partial charge in [0.1, 0.15) is 0 Å². The van der Waals surface area contributed by atoms with Crippen molar-refractivity contribution in [2.45, 2.75) is 56.7 Å². The molecule has 2 heterocycles. The van der Waals surface area contributed by atoms with Crippen LogP contribution < -0.4 is 0 Å². The molecule has 2 atom stereocenters. The van der Waals surface area contributed by atoms with Crippen LogP contribution in [0.5, 0.6) is 0 Å². The maximum Gasteiger partial charge on any atom is 0.226 e. The molecule has 3 aliphatic rings. The van der Waals surface area contributed by atoms with Gasteiger partial charge in [-0.05, 0) is 38.5 Å². The Morgan fingerprint density at radius 3 is 2.20 bits per heavy atom. The number of hydrogen-bond donors (Lipinski definition) is 0. The van der Waals surface area contributed by atoms with E-state index in [2.05, 4.69) is 4.90 Å². The van der Waals surface area contributed by atoms with Crippen LogP contribution in [0.2, 0.25) is 0 Å². The molecule has 2 unspecified atom stereocenters. The number of carbonyl (C=O) groups is 1. The molecule has 1 saturated carbocycles. The summed E-state index contributed by atoms with van der Waals surface area (Å²) in [7, 11) is 1.79. The molecule has 0 spiro atoms. The summed E-state index contributed by atoms with van der Waals surface area (Å²) in [5, 5.41) is 0. The number of rotatable bonds is 2.